The van der Waals surface area contributed by atoms with Crippen molar-refractivity contribution in [3.63, 3.8) is 0 Å². The van der Waals surface area contributed by atoms with Crippen molar-refractivity contribution in [1.29, 1.82) is 0 Å². The Labute approximate surface area is 102 Å². The highest BCUT2D eigenvalue weighted by Gasteiger charge is 2.24. The van der Waals surface area contributed by atoms with Crippen LogP contribution in [0.2, 0.25) is 44.8 Å². The molecule has 1 rings (SSSR count). The molecule has 0 heterocycles. The van der Waals surface area contributed by atoms with Crippen LogP contribution in [0.3, 0.4) is 0 Å². The molecule has 0 fully saturated rings. The van der Waals surface area contributed by atoms with Gasteiger partial charge in [-0.05, 0) is 23.2 Å². The van der Waals surface area contributed by atoms with E-state index in [1.807, 2.05) is 0 Å². The first-order valence-corrected chi connectivity index (χ1v) is 13.2. The third kappa shape index (κ3) is 3.80. The van der Waals surface area contributed by atoms with Gasteiger partial charge in [0, 0.05) is 0 Å². The number of rotatable bonds is 2. The first-order chi connectivity index (χ1) is 7.21. The lowest BCUT2D eigenvalue weighted by molar-refractivity contribution is 0.991. The van der Waals surface area contributed by atoms with Gasteiger partial charge < -0.3 is 0 Å². The molecule has 2 heteroatoms. The van der Waals surface area contributed by atoms with Gasteiger partial charge in [0.05, 0.1) is 16.1 Å². The fourth-order valence-electron chi connectivity index (χ4n) is 1.73. The highest BCUT2D eigenvalue weighted by atomic mass is 28.3. The monoisotopic (exact) mass is 248 g/mol. The molecule has 0 nitrogen and oxygen atoms in total. The fraction of sp³-hybridized carbons (Fsp3) is 0.571. The number of hydrogen-bond donors (Lipinski definition) is 0. The van der Waals surface area contributed by atoms with Gasteiger partial charge in [-0.25, -0.2) is 0 Å². The third-order valence-electron chi connectivity index (χ3n) is 3.10. The Hall–Kier alpha value is -0.526. The zero-order valence-corrected chi connectivity index (χ0v) is 13.5. The van der Waals surface area contributed by atoms with Gasteiger partial charge in [-0.1, -0.05) is 62.9 Å². The first kappa shape index (κ1) is 13.5. The highest BCUT2D eigenvalue weighted by molar-refractivity contribution is 6.83. The molecule has 88 valence electrons. The molecule has 0 aromatic carbocycles. The molecule has 0 saturated heterocycles. The Balaban J connectivity index is 3.06. The average Bonchev–Trinajstić information content (AvgIpc) is 1.96. The summed E-state index contributed by atoms with van der Waals surface area (Å²) in [7, 11) is -2.33. The maximum atomic E-state index is 3.33. The molecular weight excluding hydrogens is 224 g/mol. The second-order valence-electron chi connectivity index (χ2n) is 6.70. The summed E-state index contributed by atoms with van der Waals surface area (Å²) in [5, 5.41) is 1.40. The fourth-order valence-corrected chi connectivity index (χ4v) is 4.27. The topological polar surface area (TPSA) is 0 Å². The van der Waals surface area contributed by atoms with Crippen molar-refractivity contribution in [3.05, 3.63) is 34.9 Å². The van der Waals surface area contributed by atoms with E-state index in [0.29, 0.717) is 0 Å². The van der Waals surface area contributed by atoms with Crippen LogP contribution in [-0.2, 0) is 0 Å². The largest absolute Gasteiger partial charge is 0.0884 e. The Morgan fingerprint density at radius 1 is 1.12 bits per heavy atom. The Morgan fingerprint density at radius 3 is 2.25 bits per heavy atom. The van der Waals surface area contributed by atoms with E-state index in [1.165, 1.54) is 5.20 Å². The molecule has 1 unspecified atom stereocenters. The zero-order chi connectivity index (χ0) is 12.4. The maximum Gasteiger partial charge on any atom is 0.0884 e. The van der Waals surface area contributed by atoms with Gasteiger partial charge in [-0.15, -0.1) is 0 Å². The van der Waals surface area contributed by atoms with E-state index in [9.17, 15) is 0 Å². The molecule has 1 aliphatic carbocycles. The number of hydrogen-bond acceptors (Lipinski definition) is 0. The minimum atomic E-state index is -1.25. The van der Waals surface area contributed by atoms with E-state index in [1.54, 1.807) is 0 Å². The standard InChI is InChI=1S/C14H24Si2/c1-15(2,3)13-9-7-8-10-14(12-11-13)16(4,5)6/h7,11-13H,9H2,1-6H3. The van der Waals surface area contributed by atoms with Crippen molar-refractivity contribution < 1.29 is 0 Å². The summed E-state index contributed by atoms with van der Waals surface area (Å²) >= 11 is 0. The van der Waals surface area contributed by atoms with E-state index < -0.39 is 16.1 Å². The molecule has 0 aromatic heterocycles. The van der Waals surface area contributed by atoms with Crippen LogP contribution in [0.25, 0.3) is 0 Å². The van der Waals surface area contributed by atoms with E-state index in [4.69, 9.17) is 0 Å². The van der Waals surface area contributed by atoms with E-state index in [0.717, 1.165) is 12.0 Å². The lowest BCUT2D eigenvalue weighted by Crippen LogP contribution is -2.27. The molecule has 0 aliphatic heterocycles. The third-order valence-corrected chi connectivity index (χ3v) is 7.66. The predicted molar refractivity (Wildman–Crippen MR) is 79.3 cm³/mol. The molecule has 0 amide bonds. The van der Waals surface area contributed by atoms with Crippen LogP contribution in [0.4, 0.5) is 0 Å². The van der Waals surface area contributed by atoms with Crippen LogP contribution in [0, 0.1) is 0 Å². The van der Waals surface area contributed by atoms with E-state index in [-0.39, 0.29) is 0 Å². The van der Waals surface area contributed by atoms with Crippen LogP contribution >= 0.6 is 0 Å². The van der Waals surface area contributed by atoms with Crippen molar-refractivity contribution in [2.45, 2.75) is 51.2 Å². The molecular formula is C14H24Si2. The number of allylic oxidation sites excluding steroid dienone is 4. The normalized spacial score (nSPS) is 21.6. The summed E-state index contributed by atoms with van der Waals surface area (Å²) < 4.78 is 0. The molecule has 0 saturated carbocycles. The molecule has 0 N–H and O–H groups in total. The lowest BCUT2D eigenvalue weighted by atomic mass is 10.2. The van der Waals surface area contributed by atoms with Crippen LogP contribution in [0.5, 0.6) is 0 Å². The van der Waals surface area contributed by atoms with Gasteiger partial charge in [0.25, 0.3) is 0 Å². The Morgan fingerprint density at radius 2 is 1.75 bits per heavy atom. The van der Waals surface area contributed by atoms with Crippen molar-refractivity contribution in [1.82, 2.24) is 0 Å². The van der Waals surface area contributed by atoms with Crippen LogP contribution < -0.4 is 0 Å². The quantitative estimate of drug-likeness (QED) is 0.488. The summed E-state index contributed by atoms with van der Waals surface area (Å²) in [6, 6.07) is 0. The van der Waals surface area contributed by atoms with E-state index in [2.05, 4.69) is 69.0 Å². The predicted octanol–water partition coefficient (Wildman–Crippen LogP) is 4.77. The second-order valence-corrected chi connectivity index (χ2v) is 17.2. The average molecular weight is 249 g/mol. The molecule has 1 aliphatic rings. The van der Waals surface area contributed by atoms with Crippen molar-refractivity contribution in [2.75, 3.05) is 0 Å². The van der Waals surface area contributed by atoms with Gasteiger partial charge in [0.15, 0.2) is 0 Å². The van der Waals surface area contributed by atoms with Gasteiger partial charge in [0.2, 0.25) is 0 Å². The Bertz CT molecular complexity index is 376. The SMILES string of the molecule is C[Si](C)(C)C1=C=C=CCC([Si](C)(C)C)C=C1. The Kier molecular flexibility index (Phi) is 4.03. The summed E-state index contributed by atoms with van der Waals surface area (Å²) in [6.45, 7) is 14.4. The van der Waals surface area contributed by atoms with Gasteiger partial charge in [-0.2, -0.15) is 0 Å². The highest BCUT2D eigenvalue weighted by Crippen LogP contribution is 2.29. The molecule has 16 heavy (non-hydrogen) atoms. The van der Waals surface area contributed by atoms with Crippen molar-refractivity contribution in [3.8, 4) is 0 Å². The molecule has 0 radical (unpaired) electrons. The molecule has 0 spiro atoms. The van der Waals surface area contributed by atoms with Crippen LogP contribution in [0.1, 0.15) is 6.42 Å². The second kappa shape index (κ2) is 4.77. The van der Waals surface area contributed by atoms with Crippen LogP contribution in [-0.4, -0.2) is 16.1 Å². The zero-order valence-electron chi connectivity index (χ0n) is 11.5. The minimum absolute atomic E-state index is 0.744. The summed E-state index contributed by atoms with van der Waals surface area (Å²) in [6.07, 6.45) is 8.07. The maximum absolute atomic E-state index is 3.33. The summed E-state index contributed by atoms with van der Waals surface area (Å²) in [5.74, 6) is 0. The lowest BCUT2D eigenvalue weighted by Gasteiger charge is -2.26. The molecule has 0 bridgehead atoms. The summed E-state index contributed by atoms with van der Waals surface area (Å²) in [4.78, 5) is 0. The van der Waals surface area contributed by atoms with Gasteiger partial charge >= 0.3 is 0 Å². The summed E-state index contributed by atoms with van der Waals surface area (Å²) in [5.41, 5.74) is 7.32. The van der Waals surface area contributed by atoms with E-state index >= 15 is 0 Å². The van der Waals surface area contributed by atoms with Crippen LogP contribution in [0.15, 0.2) is 34.9 Å². The van der Waals surface area contributed by atoms with Crippen molar-refractivity contribution >= 4 is 16.1 Å². The molecule has 1 atom stereocenters. The van der Waals surface area contributed by atoms with Gasteiger partial charge in [0.1, 0.15) is 0 Å². The molecule has 0 aromatic rings. The minimum Gasteiger partial charge on any atom is -0.0833 e. The van der Waals surface area contributed by atoms with Crippen molar-refractivity contribution in [2.24, 2.45) is 0 Å². The first-order valence-electron chi connectivity index (χ1n) is 6.10. The smallest absolute Gasteiger partial charge is 0.0833 e. The van der Waals surface area contributed by atoms with Gasteiger partial charge in [-0.3, -0.25) is 0 Å².